The zero-order valence-corrected chi connectivity index (χ0v) is 26.1. The Balaban J connectivity index is 1.16. The van der Waals surface area contributed by atoms with E-state index in [2.05, 4.69) is 0 Å². The van der Waals surface area contributed by atoms with Crippen molar-refractivity contribution in [3.05, 3.63) is 59.9 Å². The standard InChI is InChI=1S/C32H40O16/c1-41-16-9-6-15(7-10-16)8-11-22(33)43-13-20-23(34)25(36)27(38)31(46-20)45-14-21-24(35)26(37)28(39)32(47-21)48-30-18-5-3-4-17(18)19(12-44-30)29(40)42-2/h3,5-12,17-18,20-21,23-28,30-32,34-39H,4,13-14H2,1-2H3/b11-8+/t17?,18?,20-,21-,23-,24-,25+,26-,27-,28+,30?,31-,32+/m1/s1. The predicted octanol–water partition coefficient (Wildman–Crippen LogP) is -1.49. The Morgan fingerprint density at radius 1 is 0.833 bits per heavy atom. The largest absolute Gasteiger partial charge is 0.497 e. The number of aliphatic hydroxyl groups excluding tert-OH is 6. The fourth-order valence-corrected chi connectivity index (χ4v) is 5.82. The Kier molecular flexibility index (Phi) is 11.9. The molecule has 264 valence electrons. The molecule has 1 aromatic rings. The Morgan fingerprint density at radius 2 is 1.48 bits per heavy atom. The van der Waals surface area contributed by atoms with Crippen molar-refractivity contribution in [1.29, 1.82) is 0 Å². The highest BCUT2D eigenvalue weighted by atomic mass is 16.8. The van der Waals surface area contributed by atoms with Crippen molar-refractivity contribution in [2.75, 3.05) is 27.4 Å². The molecule has 0 aromatic heterocycles. The maximum absolute atomic E-state index is 12.3. The zero-order chi connectivity index (χ0) is 34.5. The third-order valence-corrected chi connectivity index (χ3v) is 8.62. The second kappa shape index (κ2) is 15.9. The minimum atomic E-state index is -1.76. The number of methoxy groups -OCH3 is 2. The Hall–Kier alpha value is -3.42. The summed E-state index contributed by atoms with van der Waals surface area (Å²) in [6.07, 6.45) is -9.06. The number of benzene rings is 1. The summed E-state index contributed by atoms with van der Waals surface area (Å²) < 4.78 is 43.4. The lowest BCUT2D eigenvalue weighted by molar-refractivity contribution is -0.351. The maximum atomic E-state index is 12.3. The van der Waals surface area contributed by atoms with Crippen LogP contribution in [0, 0.1) is 11.8 Å². The van der Waals surface area contributed by atoms with Gasteiger partial charge in [-0.3, -0.25) is 0 Å². The van der Waals surface area contributed by atoms with Crippen molar-refractivity contribution in [2.45, 2.75) is 74.1 Å². The smallest absolute Gasteiger partial charge is 0.337 e. The molecule has 0 amide bonds. The van der Waals surface area contributed by atoms with E-state index in [4.69, 9.17) is 37.9 Å². The van der Waals surface area contributed by atoms with Crippen molar-refractivity contribution in [3.8, 4) is 5.75 Å². The van der Waals surface area contributed by atoms with Crippen molar-refractivity contribution in [3.63, 3.8) is 0 Å². The Bertz CT molecular complexity index is 1350. The van der Waals surface area contributed by atoms with Gasteiger partial charge >= 0.3 is 11.9 Å². The number of carbonyl (C=O) groups is 2. The van der Waals surface area contributed by atoms with E-state index in [1.807, 2.05) is 6.08 Å². The lowest BCUT2D eigenvalue weighted by Gasteiger charge is -2.44. The number of allylic oxidation sites excluding steroid dienone is 1. The van der Waals surface area contributed by atoms with Crippen LogP contribution in [-0.4, -0.2) is 138 Å². The number of carbonyl (C=O) groups excluding carboxylic acids is 2. The first kappa shape index (κ1) is 35.9. The molecule has 2 saturated heterocycles. The molecule has 1 aromatic carbocycles. The first-order valence-corrected chi connectivity index (χ1v) is 15.3. The van der Waals surface area contributed by atoms with Gasteiger partial charge in [0.25, 0.3) is 0 Å². The van der Waals surface area contributed by atoms with Gasteiger partial charge in [-0.15, -0.1) is 0 Å². The van der Waals surface area contributed by atoms with Gasteiger partial charge in [0.15, 0.2) is 12.6 Å². The molecule has 4 aliphatic rings. The highest BCUT2D eigenvalue weighted by Gasteiger charge is 2.50. The quantitative estimate of drug-likeness (QED) is 0.0888. The third kappa shape index (κ3) is 7.89. The van der Waals surface area contributed by atoms with Crippen LogP contribution in [0.25, 0.3) is 6.08 Å². The summed E-state index contributed by atoms with van der Waals surface area (Å²) in [6, 6.07) is 6.88. The van der Waals surface area contributed by atoms with Gasteiger partial charge in [0.2, 0.25) is 6.29 Å². The number of esters is 2. The highest BCUT2D eigenvalue weighted by Crippen LogP contribution is 2.40. The van der Waals surface area contributed by atoms with E-state index in [0.717, 1.165) is 6.08 Å². The van der Waals surface area contributed by atoms with Crippen LogP contribution in [0.1, 0.15) is 12.0 Å². The molecule has 0 bridgehead atoms. The first-order valence-electron chi connectivity index (χ1n) is 15.3. The SMILES string of the molecule is COC(=O)C1=COC(O[C@@H]2O[C@H](CO[C@@H]3O[C@H](COC(=O)/C=C/c4ccc(OC)cc4)[C@@H](O)[C@H](O)[C@H]3O)[C@@H](O)[C@@H](O)[C@@H]2O)C2C=CCC12. The molecule has 3 heterocycles. The second-order valence-electron chi connectivity index (χ2n) is 11.7. The molecule has 6 N–H and O–H groups in total. The van der Waals surface area contributed by atoms with Crippen molar-refractivity contribution in [2.24, 2.45) is 11.8 Å². The van der Waals surface area contributed by atoms with Crippen LogP contribution in [0.15, 0.2) is 54.3 Å². The maximum Gasteiger partial charge on any atom is 0.337 e. The molecule has 2 fully saturated rings. The number of fused-ring (bicyclic) bond motifs is 1. The van der Waals surface area contributed by atoms with Gasteiger partial charge in [0.1, 0.15) is 61.2 Å². The average molecular weight is 681 g/mol. The van der Waals surface area contributed by atoms with Crippen LogP contribution in [0.4, 0.5) is 0 Å². The van der Waals surface area contributed by atoms with Crippen LogP contribution in [0.2, 0.25) is 0 Å². The van der Waals surface area contributed by atoms with E-state index in [9.17, 15) is 40.2 Å². The Morgan fingerprint density at radius 3 is 2.15 bits per heavy atom. The highest BCUT2D eigenvalue weighted by molar-refractivity contribution is 5.89. The molecule has 5 rings (SSSR count). The molecule has 1 aliphatic carbocycles. The minimum Gasteiger partial charge on any atom is -0.497 e. The Labute approximate surface area is 275 Å². The van der Waals surface area contributed by atoms with Gasteiger partial charge in [0.05, 0.1) is 32.7 Å². The van der Waals surface area contributed by atoms with E-state index in [0.29, 0.717) is 23.3 Å². The molecule has 16 heteroatoms. The van der Waals surface area contributed by atoms with Gasteiger partial charge in [0, 0.05) is 17.9 Å². The first-order chi connectivity index (χ1) is 23.0. The number of hydrogen-bond donors (Lipinski definition) is 6. The van der Waals surface area contributed by atoms with E-state index in [1.54, 1.807) is 30.3 Å². The topological polar surface area (TPSA) is 229 Å². The van der Waals surface area contributed by atoms with Crippen LogP contribution in [-0.2, 0) is 42.7 Å². The van der Waals surface area contributed by atoms with Gasteiger partial charge in [-0.2, -0.15) is 0 Å². The fraction of sp³-hybridized carbons (Fsp3) is 0.562. The molecule has 16 nitrogen and oxygen atoms in total. The third-order valence-electron chi connectivity index (χ3n) is 8.62. The molecule has 3 unspecified atom stereocenters. The van der Waals surface area contributed by atoms with Gasteiger partial charge in [-0.25, -0.2) is 9.59 Å². The zero-order valence-electron chi connectivity index (χ0n) is 26.1. The van der Waals surface area contributed by atoms with Crippen LogP contribution in [0.3, 0.4) is 0 Å². The molecule has 3 aliphatic heterocycles. The molecule has 0 spiro atoms. The van der Waals surface area contributed by atoms with E-state index in [-0.39, 0.29) is 5.92 Å². The number of ether oxygens (including phenoxy) is 8. The van der Waals surface area contributed by atoms with Crippen molar-refractivity contribution in [1.82, 2.24) is 0 Å². The van der Waals surface area contributed by atoms with Gasteiger partial charge in [-0.05, 0) is 30.2 Å². The summed E-state index contributed by atoms with van der Waals surface area (Å²) in [6.45, 7) is -1.06. The predicted molar refractivity (Wildman–Crippen MR) is 159 cm³/mol. The van der Waals surface area contributed by atoms with Crippen LogP contribution >= 0.6 is 0 Å². The molecular formula is C32H40O16. The summed E-state index contributed by atoms with van der Waals surface area (Å²) in [5.74, 6) is -1.43. The molecule has 13 atom stereocenters. The van der Waals surface area contributed by atoms with Gasteiger partial charge in [-0.1, -0.05) is 24.3 Å². The van der Waals surface area contributed by atoms with E-state index >= 15 is 0 Å². The van der Waals surface area contributed by atoms with Crippen molar-refractivity contribution >= 4 is 18.0 Å². The lowest BCUT2D eigenvalue weighted by Crippen LogP contribution is -2.62. The number of rotatable bonds is 11. The minimum absolute atomic E-state index is 0.310. The summed E-state index contributed by atoms with van der Waals surface area (Å²) in [7, 11) is 2.78. The second-order valence-corrected chi connectivity index (χ2v) is 11.7. The fourth-order valence-electron chi connectivity index (χ4n) is 5.82. The van der Waals surface area contributed by atoms with Crippen LogP contribution in [0.5, 0.6) is 5.75 Å². The summed E-state index contributed by atoms with van der Waals surface area (Å²) in [5, 5.41) is 63.2. The summed E-state index contributed by atoms with van der Waals surface area (Å²) in [5.41, 5.74) is 1.01. The molecule has 0 radical (unpaired) electrons. The summed E-state index contributed by atoms with van der Waals surface area (Å²) in [4.78, 5) is 24.4. The normalized spacial score (nSPS) is 37.8. The van der Waals surface area contributed by atoms with Gasteiger partial charge < -0.3 is 68.5 Å². The lowest BCUT2D eigenvalue weighted by atomic mass is 9.86. The molecule has 48 heavy (non-hydrogen) atoms. The number of aliphatic hydroxyl groups is 6. The molecular weight excluding hydrogens is 640 g/mol. The monoisotopic (exact) mass is 680 g/mol. The van der Waals surface area contributed by atoms with Crippen LogP contribution < -0.4 is 4.74 Å². The average Bonchev–Trinajstić information content (AvgIpc) is 3.60. The van der Waals surface area contributed by atoms with E-state index in [1.165, 1.54) is 26.6 Å². The van der Waals surface area contributed by atoms with E-state index < -0.39 is 98.8 Å². The van der Waals surface area contributed by atoms with Crippen molar-refractivity contribution < 1.29 is 78.1 Å². The molecule has 0 saturated carbocycles. The summed E-state index contributed by atoms with van der Waals surface area (Å²) >= 11 is 0. The number of hydrogen-bond acceptors (Lipinski definition) is 16.